The first-order valence-corrected chi connectivity index (χ1v) is 12.7. The third kappa shape index (κ3) is 5.73. The lowest BCUT2D eigenvalue weighted by molar-refractivity contribution is -0.162. The van der Waals surface area contributed by atoms with Crippen LogP contribution in [0.3, 0.4) is 0 Å². The fraction of sp³-hybridized carbons (Fsp3) is 0.370. The third-order valence-corrected chi connectivity index (χ3v) is 6.31. The van der Waals surface area contributed by atoms with E-state index in [-0.39, 0.29) is 31.5 Å². The highest BCUT2D eigenvalue weighted by Crippen LogP contribution is 2.34. The minimum Gasteiger partial charge on any atom is -0.465 e. The number of fused-ring (bicyclic) bond motifs is 3. The summed E-state index contributed by atoms with van der Waals surface area (Å²) in [5.74, 6) is -0.00972. The number of carbonyl (C=O) groups is 2. The lowest BCUT2D eigenvalue weighted by Crippen LogP contribution is -2.31. The molecule has 0 radical (unpaired) electrons. The number of esters is 2. The normalized spacial score (nSPS) is 14.8. The fourth-order valence-corrected chi connectivity index (χ4v) is 4.54. The molecule has 8 nitrogen and oxygen atoms in total. The largest absolute Gasteiger partial charge is 0.465 e. The number of ether oxygens (including phenoxy) is 2. The van der Waals surface area contributed by atoms with Crippen LogP contribution in [0.2, 0.25) is 0 Å². The number of carbonyl (C=O) groups excluding carboxylic acids is 2. The van der Waals surface area contributed by atoms with E-state index in [1.807, 2.05) is 49.5 Å². The van der Waals surface area contributed by atoms with Crippen LogP contribution in [-0.4, -0.2) is 44.4 Å². The SMILES string of the molecule is CCC(=O)OC(C)(C)CC(=O)OCC[C@@H]1N=C(c2ccccn2)c2cc(Br)ccc2-n2c(C)cnc21. The molecule has 0 aliphatic carbocycles. The Morgan fingerprint density at radius 2 is 1.94 bits per heavy atom. The molecule has 0 spiro atoms. The van der Waals surface area contributed by atoms with E-state index in [0.29, 0.717) is 6.42 Å². The van der Waals surface area contributed by atoms with Gasteiger partial charge in [0, 0.05) is 41.0 Å². The van der Waals surface area contributed by atoms with Gasteiger partial charge in [-0.3, -0.25) is 24.1 Å². The quantitative estimate of drug-likeness (QED) is 0.352. The van der Waals surface area contributed by atoms with Crippen molar-refractivity contribution >= 4 is 33.6 Å². The van der Waals surface area contributed by atoms with E-state index in [1.165, 1.54) is 0 Å². The zero-order valence-electron chi connectivity index (χ0n) is 20.8. The monoisotopic (exact) mass is 552 g/mol. The number of imidazole rings is 1. The first-order valence-electron chi connectivity index (χ1n) is 11.9. The molecule has 3 aromatic rings. The molecule has 1 aromatic carbocycles. The van der Waals surface area contributed by atoms with Gasteiger partial charge in [0.2, 0.25) is 0 Å². The van der Waals surface area contributed by atoms with Crippen molar-refractivity contribution in [1.82, 2.24) is 14.5 Å². The maximum Gasteiger partial charge on any atom is 0.309 e. The van der Waals surface area contributed by atoms with E-state index < -0.39 is 11.6 Å². The van der Waals surface area contributed by atoms with Gasteiger partial charge < -0.3 is 9.47 Å². The fourth-order valence-electron chi connectivity index (χ4n) is 4.18. The molecule has 0 saturated heterocycles. The second-order valence-electron chi connectivity index (χ2n) is 9.24. The number of aliphatic imine (C=N–C) groups is 1. The Bertz CT molecular complexity index is 1300. The number of rotatable bonds is 8. The van der Waals surface area contributed by atoms with E-state index in [0.717, 1.165) is 38.6 Å². The first kappa shape index (κ1) is 25.8. The van der Waals surface area contributed by atoms with Gasteiger partial charge in [-0.25, -0.2) is 4.98 Å². The molecule has 4 rings (SSSR count). The number of halogens is 1. The number of benzene rings is 1. The minimum atomic E-state index is -0.931. The molecule has 0 N–H and O–H groups in total. The van der Waals surface area contributed by atoms with Gasteiger partial charge in [-0.2, -0.15) is 0 Å². The molecule has 0 fully saturated rings. The molecule has 2 aromatic heterocycles. The van der Waals surface area contributed by atoms with Crippen molar-refractivity contribution in [1.29, 1.82) is 0 Å². The molecule has 9 heteroatoms. The summed E-state index contributed by atoms with van der Waals surface area (Å²) in [7, 11) is 0. The van der Waals surface area contributed by atoms with Crippen LogP contribution in [0.5, 0.6) is 0 Å². The lowest BCUT2D eigenvalue weighted by Gasteiger charge is -2.24. The van der Waals surface area contributed by atoms with E-state index in [9.17, 15) is 9.59 Å². The van der Waals surface area contributed by atoms with Crippen LogP contribution in [0.1, 0.15) is 68.9 Å². The van der Waals surface area contributed by atoms with Gasteiger partial charge in [0.25, 0.3) is 0 Å². The van der Waals surface area contributed by atoms with Crippen LogP contribution in [0, 0.1) is 6.92 Å². The number of pyridine rings is 1. The summed E-state index contributed by atoms with van der Waals surface area (Å²) >= 11 is 3.59. The Balaban J connectivity index is 1.60. The Labute approximate surface area is 218 Å². The molecular formula is C27H29BrN4O4. The number of hydrogen-bond acceptors (Lipinski definition) is 7. The molecule has 3 heterocycles. The van der Waals surface area contributed by atoms with Gasteiger partial charge in [0.05, 0.1) is 30.1 Å². The summed E-state index contributed by atoms with van der Waals surface area (Å²) in [6.45, 7) is 7.26. The Hall–Kier alpha value is -3.33. The number of aryl methyl sites for hydroxylation is 1. The van der Waals surface area contributed by atoms with Crippen molar-refractivity contribution in [3.05, 3.63) is 76.0 Å². The molecule has 0 unspecified atom stereocenters. The predicted molar refractivity (Wildman–Crippen MR) is 139 cm³/mol. The summed E-state index contributed by atoms with van der Waals surface area (Å²) in [5, 5.41) is 0. The maximum absolute atomic E-state index is 12.5. The van der Waals surface area contributed by atoms with Gasteiger partial charge in [0.1, 0.15) is 17.5 Å². The van der Waals surface area contributed by atoms with Gasteiger partial charge in [-0.1, -0.05) is 28.9 Å². The first-order chi connectivity index (χ1) is 17.2. The van der Waals surface area contributed by atoms with Crippen molar-refractivity contribution in [3.63, 3.8) is 0 Å². The van der Waals surface area contributed by atoms with Crippen LogP contribution < -0.4 is 0 Å². The highest BCUT2D eigenvalue weighted by Gasteiger charge is 2.29. The molecule has 188 valence electrons. The van der Waals surface area contributed by atoms with Crippen molar-refractivity contribution in [2.24, 2.45) is 4.99 Å². The van der Waals surface area contributed by atoms with Crippen molar-refractivity contribution in [2.75, 3.05) is 6.61 Å². The van der Waals surface area contributed by atoms with Gasteiger partial charge >= 0.3 is 11.9 Å². The zero-order valence-corrected chi connectivity index (χ0v) is 22.4. The molecule has 1 atom stereocenters. The van der Waals surface area contributed by atoms with E-state index in [4.69, 9.17) is 14.5 Å². The Kier molecular flexibility index (Phi) is 7.68. The second-order valence-corrected chi connectivity index (χ2v) is 10.2. The summed E-state index contributed by atoms with van der Waals surface area (Å²) in [4.78, 5) is 38.5. The molecule has 0 bridgehead atoms. The Morgan fingerprint density at radius 1 is 1.14 bits per heavy atom. The van der Waals surface area contributed by atoms with E-state index >= 15 is 0 Å². The summed E-state index contributed by atoms with van der Waals surface area (Å²) in [6, 6.07) is 11.4. The standard InChI is InChI=1S/C27H29BrN4O4/c1-5-23(33)36-27(3,4)15-24(34)35-13-11-21-26-30-16-17(2)32(26)22-10-9-18(28)14-19(22)25(31-21)20-8-6-7-12-29-20/h6-10,12,14,16,21H,5,11,13,15H2,1-4H3/t21-/m0/s1. The summed E-state index contributed by atoms with van der Waals surface area (Å²) < 4.78 is 13.9. The van der Waals surface area contributed by atoms with Gasteiger partial charge in [0.15, 0.2) is 0 Å². The molecular weight excluding hydrogens is 524 g/mol. The van der Waals surface area contributed by atoms with E-state index in [2.05, 4.69) is 30.5 Å². The van der Waals surface area contributed by atoms with Gasteiger partial charge in [-0.05, 0) is 51.1 Å². The molecule has 1 aliphatic rings. The van der Waals surface area contributed by atoms with Gasteiger partial charge in [-0.15, -0.1) is 0 Å². The van der Waals surface area contributed by atoms with Crippen molar-refractivity contribution in [2.45, 2.75) is 58.6 Å². The smallest absolute Gasteiger partial charge is 0.309 e. The molecule has 0 saturated carbocycles. The van der Waals surface area contributed by atoms with Crippen molar-refractivity contribution < 1.29 is 19.1 Å². The lowest BCUT2D eigenvalue weighted by atomic mass is 10.0. The van der Waals surface area contributed by atoms with Crippen molar-refractivity contribution in [3.8, 4) is 5.69 Å². The van der Waals surface area contributed by atoms with Crippen LogP contribution in [0.25, 0.3) is 5.69 Å². The number of hydrogen-bond donors (Lipinski definition) is 0. The average Bonchev–Trinajstić information content (AvgIpc) is 3.15. The second kappa shape index (κ2) is 10.7. The maximum atomic E-state index is 12.5. The molecule has 1 aliphatic heterocycles. The average molecular weight is 553 g/mol. The highest BCUT2D eigenvalue weighted by atomic mass is 79.9. The highest BCUT2D eigenvalue weighted by molar-refractivity contribution is 9.10. The Morgan fingerprint density at radius 3 is 2.67 bits per heavy atom. The summed E-state index contributed by atoms with van der Waals surface area (Å²) in [6.07, 6.45) is 4.23. The van der Waals surface area contributed by atoms with Crippen LogP contribution in [-0.2, 0) is 19.1 Å². The van der Waals surface area contributed by atoms with Crippen LogP contribution in [0.4, 0.5) is 0 Å². The van der Waals surface area contributed by atoms with E-state index in [1.54, 1.807) is 27.0 Å². The topological polar surface area (TPSA) is 95.7 Å². The zero-order chi connectivity index (χ0) is 25.9. The third-order valence-electron chi connectivity index (χ3n) is 5.81. The predicted octanol–water partition coefficient (Wildman–Crippen LogP) is 5.29. The summed E-state index contributed by atoms with van der Waals surface area (Å²) in [5.41, 5.74) is 3.45. The van der Waals surface area contributed by atoms with Crippen LogP contribution >= 0.6 is 15.9 Å². The number of nitrogens with zero attached hydrogens (tertiary/aromatic N) is 4. The number of aromatic nitrogens is 3. The van der Waals surface area contributed by atoms with Crippen LogP contribution in [0.15, 0.2) is 58.3 Å². The molecule has 36 heavy (non-hydrogen) atoms. The minimum absolute atomic E-state index is 0.0287. The molecule has 0 amide bonds.